The zero-order chi connectivity index (χ0) is 17.8. The van der Waals surface area contributed by atoms with E-state index in [1.54, 1.807) is 28.4 Å². The summed E-state index contributed by atoms with van der Waals surface area (Å²) in [7, 11) is 0. The van der Waals surface area contributed by atoms with E-state index in [0.29, 0.717) is 18.1 Å². The molecule has 0 atom stereocenters. The van der Waals surface area contributed by atoms with Crippen molar-refractivity contribution in [2.75, 3.05) is 26.2 Å². The maximum absolute atomic E-state index is 13.7. The molecule has 0 saturated carbocycles. The Morgan fingerprint density at radius 2 is 2.12 bits per heavy atom. The summed E-state index contributed by atoms with van der Waals surface area (Å²) in [5.41, 5.74) is 1.33. The molecule has 1 aliphatic rings. The number of carbonyl (C=O) groups is 1. The Morgan fingerprint density at radius 1 is 1.36 bits per heavy atom. The molecule has 1 aromatic heterocycles. The van der Waals surface area contributed by atoms with E-state index in [9.17, 15) is 9.18 Å². The Labute approximate surface area is 155 Å². The van der Waals surface area contributed by atoms with E-state index in [1.165, 1.54) is 18.2 Å². The zero-order valence-electron chi connectivity index (χ0n) is 13.9. The van der Waals surface area contributed by atoms with Gasteiger partial charge in [-0.05, 0) is 25.1 Å². The predicted molar refractivity (Wildman–Crippen MR) is 99.2 cm³/mol. The zero-order valence-corrected chi connectivity index (χ0v) is 15.5. The fourth-order valence-electron chi connectivity index (χ4n) is 2.77. The standard InChI is InChI=1S/C18H19ClFN3OS/c1-13-21-14(12-25-13)11-22-7-9-23(10-8-22)18(24)6-5-15-16(19)3-2-4-17(15)20/h2-6,12H,7-11H2,1H3/b6-5+. The van der Waals surface area contributed by atoms with Crippen LogP contribution in [0.2, 0.25) is 5.02 Å². The van der Waals surface area contributed by atoms with E-state index in [4.69, 9.17) is 11.6 Å². The van der Waals surface area contributed by atoms with Gasteiger partial charge in [0, 0.05) is 49.7 Å². The van der Waals surface area contributed by atoms with Crippen LogP contribution >= 0.6 is 22.9 Å². The van der Waals surface area contributed by atoms with Crippen LogP contribution in [0, 0.1) is 12.7 Å². The molecule has 1 amide bonds. The van der Waals surface area contributed by atoms with E-state index < -0.39 is 5.82 Å². The number of carbonyl (C=O) groups excluding carboxylic acids is 1. The van der Waals surface area contributed by atoms with Crippen LogP contribution in [-0.4, -0.2) is 46.9 Å². The lowest BCUT2D eigenvalue weighted by molar-refractivity contribution is -0.127. The van der Waals surface area contributed by atoms with Gasteiger partial charge in [0.1, 0.15) is 5.82 Å². The molecule has 1 aromatic carbocycles. The maximum atomic E-state index is 13.7. The number of piperazine rings is 1. The second-order valence-corrected chi connectivity index (χ2v) is 7.40. The molecule has 0 spiro atoms. The Balaban J connectivity index is 1.54. The van der Waals surface area contributed by atoms with E-state index in [0.717, 1.165) is 30.3 Å². The Hall–Kier alpha value is -1.76. The predicted octanol–water partition coefficient (Wildman–Crippen LogP) is 3.60. The highest BCUT2D eigenvalue weighted by molar-refractivity contribution is 7.09. The minimum absolute atomic E-state index is 0.122. The lowest BCUT2D eigenvalue weighted by Crippen LogP contribution is -2.47. The first-order valence-corrected chi connectivity index (χ1v) is 9.33. The van der Waals surface area contributed by atoms with Crippen LogP contribution in [0.1, 0.15) is 16.3 Å². The van der Waals surface area contributed by atoms with Crippen LogP contribution in [-0.2, 0) is 11.3 Å². The van der Waals surface area contributed by atoms with Gasteiger partial charge in [-0.15, -0.1) is 11.3 Å². The molecule has 1 aliphatic heterocycles. The lowest BCUT2D eigenvalue weighted by Gasteiger charge is -2.33. The molecule has 7 heteroatoms. The van der Waals surface area contributed by atoms with Crippen LogP contribution in [0.15, 0.2) is 29.7 Å². The van der Waals surface area contributed by atoms with E-state index in [2.05, 4.69) is 15.3 Å². The summed E-state index contributed by atoms with van der Waals surface area (Å²) >= 11 is 7.62. The number of rotatable bonds is 4. The van der Waals surface area contributed by atoms with Gasteiger partial charge in [-0.3, -0.25) is 9.69 Å². The van der Waals surface area contributed by atoms with Crippen molar-refractivity contribution in [1.29, 1.82) is 0 Å². The van der Waals surface area contributed by atoms with Crippen LogP contribution in [0.3, 0.4) is 0 Å². The van der Waals surface area contributed by atoms with Crippen molar-refractivity contribution in [1.82, 2.24) is 14.8 Å². The van der Waals surface area contributed by atoms with E-state index in [-0.39, 0.29) is 11.5 Å². The highest BCUT2D eigenvalue weighted by atomic mass is 35.5. The monoisotopic (exact) mass is 379 g/mol. The van der Waals surface area contributed by atoms with Crippen molar-refractivity contribution in [2.45, 2.75) is 13.5 Å². The van der Waals surface area contributed by atoms with Gasteiger partial charge < -0.3 is 4.90 Å². The minimum atomic E-state index is -0.431. The van der Waals surface area contributed by atoms with Crippen LogP contribution < -0.4 is 0 Å². The highest BCUT2D eigenvalue weighted by Gasteiger charge is 2.20. The van der Waals surface area contributed by atoms with Crippen LogP contribution in [0.5, 0.6) is 0 Å². The second-order valence-electron chi connectivity index (χ2n) is 5.93. The second kappa shape index (κ2) is 8.08. The lowest BCUT2D eigenvalue weighted by atomic mass is 10.2. The number of aryl methyl sites for hydroxylation is 1. The first-order valence-electron chi connectivity index (χ1n) is 8.07. The fraction of sp³-hybridized carbons (Fsp3) is 0.333. The Morgan fingerprint density at radius 3 is 2.76 bits per heavy atom. The van der Waals surface area contributed by atoms with Gasteiger partial charge in [-0.1, -0.05) is 17.7 Å². The number of aromatic nitrogens is 1. The number of hydrogen-bond donors (Lipinski definition) is 0. The molecule has 4 nitrogen and oxygen atoms in total. The quantitative estimate of drug-likeness (QED) is 0.761. The molecule has 2 aromatic rings. The minimum Gasteiger partial charge on any atom is -0.337 e. The van der Waals surface area contributed by atoms with Crippen molar-refractivity contribution < 1.29 is 9.18 Å². The summed E-state index contributed by atoms with van der Waals surface area (Å²) in [6, 6.07) is 4.47. The summed E-state index contributed by atoms with van der Waals surface area (Å²) in [4.78, 5) is 20.8. The van der Waals surface area contributed by atoms with Gasteiger partial charge in [-0.2, -0.15) is 0 Å². The van der Waals surface area contributed by atoms with Gasteiger partial charge in [0.2, 0.25) is 5.91 Å². The van der Waals surface area contributed by atoms with Crippen LogP contribution in [0.4, 0.5) is 4.39 Å². The summed E-state index contributed by atoms with van der Waals surface area (Å²) in [6.07, 6.45) is 2.84. The normalized spacial score (nSPS) is 15.9. The van der Waals surface area contributed by atoms with Gasteiger partial charge >= 0.3 is 0 Å². The van der Waals surface area contributed by atoms with Crippen molar-refractivity contribution in [3.05, 3.63) is 56.8 Å². The first-order chi connectivity index (χ1) is 12.0. The highest BCUT2D eigenvalue weighted by Crippen LogP contribution is 2.20. The number of hydrogen-bond acceptors (Lipinski definition) is 4. The SMILES string of the molecule is Cc1nc(CN2CCN(C(=O)/C=C/c3c(F)cccc3Cl)CC2)cs1. The summed E-state index contributed by atoms with van der Waals surface area (Å²) in [5, 5.41) is 3.45. The summed E-state index contributed by atoms with van der Waals surface area (Å²) in [6.45, 7) is 5.72. The maximum Gasteiger partial charge on any atom is 0.246 e. The topological polar surface area (TPSA) is 36.4 Å². The molecule has 2 heterocycles. The number of nitrogens with zero attached hydrogens (tertiary/aromatic N) is 3. The molecule has 1 fully saturated rings. The number of halogens is 2. The summed E-state index contributed by atoms with van der Waals surface area (Å²) in [5.74, 6) is -0.552. The fourth-order valence-corrected chi connectivity index (χ4v) is 3.60. The first kappa shape index (κ1) is 18.0. The molecule has 0 aliphatic carbocycles. The van der Waals surface area contributed by atoms with E-state index >= 15 is 0 Å². The van der Waals surface area contributed by atoms with Gasteiger partial charge in [0.25, 0.3) is 0 Å². The summed E-state index contributed by atoms with van der Waals surface area (Å²) < 4.78 is 13.7. The van der Waals surface area contributed by atoms with Crippen molar-refractivity contribution in [3.8, 4) is 0 Å². The van der Waals surface area contributed by atoms with Gasteiger partial charge in [-0.25, -0.2) is 9.37 Å². The average molecular weight is 380 g/mol. The third-order valence-corrected chi connectivity index (χ3v) is 5.28. The molecular formula is C18H19ClFN3OS. The van der Waals surface area contributed by atoms with Crippen LogP contribution in [0.25, 0.3) is 6.08 Å². The third kappa shape index (κ3) is 4.66. The molecule has 132 valence electrons. The van der Waals surface area contributed by atoms with E-state index in [1.807, 2.05) is 6.92 Å². The molecule has 0 unspecified atom stereocenters. The van der Waals surface area contributed by atoms with Crippen molar-refractivity contribution in [2.24, 2.45) is 0 Å². The van der Waals surface area contributed by atoms with Crippen molar-refractivity contribution >= 4 is 34.9 Å². The average Bonchev–Trinajstić information content (AvgIpc) is 3.00. The molecular weight excluding hydrogens is 361 g/mol. The Kier molecular flexibility index (Phi) is 5.83. The molecule has 0 radical (unpaired) electrons. The molecule has 0 bridgehead atoms. The smallest absolute Gasteiger partial charge is 0.246 e. The molecule has 1 saturated heterocycles. The largest absolute Gasteiger partial charge is 0.337 e. The molecule has 0 N–H and O–H groups in total. The van der Waals surface area contributed by atoms with Gasteiger partial charge in [0.15, 0.2) is 0 Å². The number of thiazole rings is 1. The van der Waals surface area contributed by atoms with Gasteiger partial charge in [0.05, 0.1) is 15.7 Å². The Bertz CT molecular complexity index is 764. The third-order valence-electron chi connectivity index (χ3n) is 4.13. The number of amides is 1. The van der Waals surface area contributed by atoms with Crippen molar-refractivity contribution in [3.63, 3.8) is 0 Å². The number of benzene rings is 1. The molecule has 3 rings (SSSR count). The molecule has 25 heavy (non-hydrogen) atoms.